The highest BCUT2D eigenvalue weighted by atomic mass is 16.5. The van der Waals surface area contributed by atoms with E-state index in [-0.39, 0.29) is 0 Å². The Labute approximate surface area is 179 Å². The molecule has 1 aliphatic heterocycles. The molecule has 0 spiro atoms. The molecule has 2 aromatic rings. The standard InChI is InChI=1S/C22H35N7O/c1-18-25-26-21(28(18)3)15-24-22(29-14-11-19(16-29)17-30-4)23-12-8-13-27(2)20-9-6-5-7-10-20/h5-7,9-10,19H,8,11-17H2,1-4H3,(H,23,24). The Morgan fingerprint density at radius 3 is 2.80 bits per heavy atom. The van der Waals surface area contributed by atoms with E-state index < -0.39 is 0 Å². The molecule has 164 valence electrons. The molecule has 1 aromatic heterocycles. The Morgan fingerprint density at radius 1 is 1.30 bits per heavy atom. The van der Waals surface area contributed by atoms with E-state index in [4.69, 9.17) is 9.73 Å². The second kappa shape index (κ2) is 11.0. The number of ether oxygens (including phenoxy) is 1. The zero-order valence-electron chi connectivity index (χ0n) is 18.7. The van der Waals surface area contributed by atoms with Gasteiger partial charge in [-0.3, -0.25) is 0 Å². The van der Waals surface area contributed by atoms with Gasteiger partial charge in [-0.25, -0.2) is 4.99 Å². The molecule has 1 atom stereocenters. The van der Waals surface area contributed by atoms with Crippen LogP contribution in [0, 0.1) is 12.8 Å². The average molecular weight is 414 g/mol. The summed E-state index contributed by atoms with van der Waals surface area (Å²) in [5, 5.41) is 12.0. The van der Waals surface area contributed by atoms with Crippen LogP contribution in [-0.4, -0.2) is 72.6 Å². The van der Waals surface area contributed by atoms with Crippen LogP contribution >= 0.6 is 0 Å². The fraction of sp³-hybridized carbons (Fsp3) is 0.591. The molecule has 8 nitrogen and oxygen atoms in total. The van der Waals surface area contributed by atoms with Gasteiger partial charge in [-0.05, 0) is 31.9 Å². The summed E-state index contributed by atoms with van der Waals surface area (Å²) in [7, 11) is 5.89. The van der Waals surface area contributed by atoms with Crippen LogP contribution < -0.4 is 10.2 Å². The van der Waals surface area contributed by atoms with Gasteiger partial charge in [0.05, 0.1) is 6.61 Å². The summed E-state index contributed by atoms with van der Waals surface area (Å²) in [6.07, 6.45) is 2.16. The number of rotatable bonds is 9. The number of nitrogens with one attached hydrogen (secondary N) is 1. The normalized spacial score (nSPS) is 16.9. The van der Waals surface area contributed by atoms with Crippen molar-refractivity contribution in [2.24, 2.45) is 18.0 Å². The molecule has 0 amide bonds. The third kappa shape index (κ3) is 5.95. The van der Waals surface area contributed by atoms with Crippen LogP contribution in [0.3, 0.4) is 0 Å². The van der Waals surface area contributed by atoms with Gasteiger partial charge in [-0.2, -0.15) is 0 Å². The van der Waals surface area contributed by atoms with E-state index in [9.17, 15) is 0 Å². The number of hydrogen-bond donors (Lipinski definition) is 1. The average Bonchev–Trinajstić information content (AvgIpc) is 3.35. The minimum absolute atomic E-state index is 0.523. The number of nitrogens with zero attached hydrogens (tertiary/aromatic N) is 6. The molecule has 1 N–H and O–H groups in total. The van der Waals surface area contributed by atoms with Gasteiger partial charge in [0.15, 0.2) is 11.8 Å². The predicted molar refractivity (Wildman–Crippen MR) is 121 cm³/mol. The summed E-state index contributed by atoms with van der Waals surface area (Å²) < 4.78 is 7.35. The molecule has 0 aliphatic carbocycles. The Balaban J connectivity index is 1.56. The number of aromatic nitrogens is 3. The van der Waals surface area contributed by atoms with Crippen molar-refractivity contribution >= 4 is 11.6 Å². The number of aliphatic imine (C=N–C) groups is 1. The quantitative estimate of drug-likeness (QED) is 0.386. The van der Waals surface area contributed by atoms with Crippen LogP contribution in [0.4, 0.5) is 5.69 Å². The molecule has 1 aliphatic rings. The van der Waals surface area contributed by atoms with Crippen LogP contribution in [0.5, 0.6) is 0 Å². The first kappa shape index (κ1) is 22.1. The SMILES string of the molecule is COCC1CCN(C(=NCc2nnc(C)n2C)NCCCN(C)c2ccccc2)C1. The minimum atomic E-state index is 0.523. The molecule has 0 radical (unpaired) electrons. The van der Waals surface area contributed by atoms with E-state index in [0.29, 0.717) is 12.5 Å². The number of anilines is 1. The van der Waals surface area contributed by atoms with Crippen LogP contribution in [0.2, 0.25) is 0 Å². The lowest BCUT2D eigenvalue weighted by Gasteiger charge is -2.23. The lowest BCUT2D eigenvalue weighted by Crippen LogP contribution is -2.41. The smallest absolute Gasteiger partial charge is 0.194 e. The molecular formula is C22H35N7O. The van der Waals surface area contributed by atoms with Crippen LogP contribution in [0.15, 0.2) is 35.3 Å². The second-order valence-corrected chi connectivity index (χ2v) is 7.96. The highest BCUT2D eigenvalue weighted by molar-refractivity contribution is 5.80. The molecule has 1 unspecified atom stereocenters. The van der Waals surface area contributed by atoms with E-state index in [1.165, 1.54) is 5.69 Å². The molecule has 0 bridgehead atoms. The third-order valence-electron chi connectivity index (χ3n) is 5.69. The lowest BCUT2D eigenvalue weighted by molar-refractivity contribution is 0.157. The molecule has 1 saturated heterocycles. The maximum Gasteiger partial charge on any atom is 0.194 e. The van der Waals surface area contributed by atoms with Crippen molar-refractivity contribution in [3.8, 4) is 0 Å². The molecule has 30 heavy (non-hydrogen) atoms. The van der Waals surface area contributed by atoms with Crippen molar-refractivity contribution < 1.29 is 4.74 Å². The number of guanidine groups is 1. The Hall–Kier alpha value is -2.61. The van der Waals surface area contributed by atoms with E-state index in [0.717, 1.165) is 63.2 Å². The van der Waals surface area contributed by atoms with Crippen molar-refractivity contribution in [1.29, 1.82) is 0 Å². The Morgan fingerprint density at radius 2 is 2.10 bits per heavy atom. The largest absolute Gasteiger partial charge is 0.384 e. The first-order valence-corrected chi connectivity index (χ1v) is 10.7. The van der Waals surface area contributed by atoms with Gasteiger partial charge in [0.1, 0.15) is 12.4 Å². The van der Waals surface area contributed by atoms with Crippen molar-refractivity contribution in [2.75, 3.05) is 51.8 Å². The summed E-state index contributed by atoms with van der Waals surface area (Å²) in [4.78, 5) is 9.50. The number of benzene rings is 1. The zero-order chi connectivity index (χ0) is 21.3. The molecular weight excluding hydrogens is 378 g/mol. The summed E-state index contributed by atoms with van der Waals surface area (Å²) in [6.45, 7) is 7.11. The molecule has 1 aromatic carbocycles. The maximum absolute atomic E-state index is 5.35. The van der Waals surface area contributed by atoms with Crippen molar-refractivity contribution in [2.45, 2.75) is 26.3 Å². The van der Waals surface area contributed by atoms with E-state index in [1.54, 1.807) is 7.11 Å². The van der Waals surface area contributed by atoms with Gasteiger partial charge < -0.3 is 24.4 Å². The molecule has 0 saturated carbocycles. The summed E-state index contributed by atoms with van der Waals surface area (Å²) >= 11 is 0. The van der Waals surface area contributed by atoms with Gasteiger partial charge in [0.25, 0.3) is 0 Å². The van der Waals surface area contributed by atoms with Gasteiger partial charge in [0, 0.05) is 59.0 Å². The summed E-state index contributed by atoms with van der Waals surface area (Å²) in [5.41, 5.74) is 1.24. The van der Waals surface area contributed by atoms with E-state index in [2.05, 4.69) is 56.6 Å². The number of likely N-dealkylation sites (tertiary alicyclic amines) is 1. The maximum atomic E-state index is 5.35. The highest BCUT2D eigenvalue weighted by Crippen LogP contribution is 2.17. The highest BCUT2D eigenvalue weighted by Gasteiger charge is 2.25. The van der Waals surface area contributed by atoms with Crippen LogP contribution in [0.1, 0.15) is 24.5 Å². The topological polar surface area (TPSA) is 70.8 Å². The number of aryl methyl sites for hydroxylation is 1. The van der Waals surface area contributed by atoms with E-state index >= 15 is 0 Å². The predicted octanol–water partition coefficient (Wildman–Crippen LogP) is 2.06. The zero-order valence-corrected chi connectivity index (χ0v) is 18.7. The molecule has 8 heteroatoms. The lowest BCUT2D eigenvalue weighted by atomic mass is 10.1. The van der Waals surface area contributed by atoms with Crippen LogP contribution in [-0.2, 0) is 18.3 Å². The van der Waals surface area contributed by atoms with Crippen LogP contribution in [0.25, 0.3) is 0 Å². The number of methoxy groups -OCH3 is 1. The molecule has 2 heterocycles. The third-order valence-corrected chi connectivity index (χ3v) is 5.69. The fourth-order valence-corrected chi connectivity index (χ4v) is 3.73. The minimum Gasteiger partial charge on any atom is -0.384 e. The van der Waals surface area contributed by atoms with Gasteiger partial charge in [-0.1, -0.05) is 18.2 Å². The van der Waals surface area contributed by atoms with E-state index in [1.807, 2.05) is 24.6 Å². The Bertz CT molecular complexity index is 805. The molecule has 1 fully saturated rings. The monoisotopic (exact) mass is 413 g/mol. The van der Waals surface area contributed by atoms with Gasteiger partial charge in [-0.15, -0.1) is 10.2 Å². The van der Waals surface area contributed by atoms with Crippen molar-refractivity contribution in [3.63, 3.8) is 0 Å². The fourth-order valence-electron chi connectivity index (χ4n) is 3.73. The number of hydrogen-bond acceptors (Lipinski definition) is 5. The molecule has 3 rings (SSSR count). The number of para-hydroxylation sites is 1. The summed E-state index contributed by atoms with van der Waals surface area (Å²) in [6, 6.07) is 10.5. The Kier molecular flexibility index (Phi) is 8.07. The second-order valence-electron chi connectivity index (χ2n) is 7.96. The van der Waals surface area contributed by atoms with Crippen molar-refractivity contribution in [3.05, 3.63) is 42.0 Å². The first-order valence-electron chi connectivity index (χ1n) is 10.7. The van der Waals surface area contributed by atoms with Gasteiger partial charge >= 0.3 is 0 Å². The van der Waals surface area contributed by atoms with Gasteiger partial charge in [0.2, 0.25) is 0 Å². The first-order chi connectivity index (χ1) is 14.6. The van der Waals surface area contributed by atoms with Crippen molar-refractivity contribution in [1.82, 2.24) is 25.0 Å². The summed E-state index contributed by atoms with van der Waals surface area (Å²) in [5.74, 6) is 3.29.